The van der Waals surface area contributed by atoms with Crippen LogP contribution in [0.15, 0.2) is 48.7 Å². The summed E-state index contributed by atoms with van der Waals surface area (Å²) < 4.78 is 5.98. The highest BCUT2D eigenvalue weighted by molar-refractivity contribution is 5.38. The first kappa shape index (κ1) is 21.1. The maximum atomic E-state index is 5.98. The van der Waals surface area contributed by atoms with Crippen molar-refractivity contribution in [1.82, 2.24) is 14.8 Å². The molecule has 0 saturated carbocycles. The van der Waals surface area contributed by atoms with Gasteiger partial charge in [0.15, 0.2) is 0 Å². The fourth-order valence-electron chi connectivity index (χ4n) is 4.76. The summed E-state index contributed by atoms with van der Waals surface area (Å²) in [4.78, 5) is 12.2. The Morgan fingerprint density at radius 1 is 0.967 bits per heavy atom. The number of pyridine rings is 1. The third kappa shape index (κ3) is 5.96. The van der Waals surface area contributed by atoms with E-state index in [-0.39, 0.29) is 0 Å². The molecule has 2 aliphatic heterocycles. The van der Waals surface area contributed by atoms with Gasteiger partial charge in [0.25, 0.3) is 0 Å². The van der Waals surface area contributed by atoms with Crippen LogP contribution in [0.4, 0.5) is 5.82 Å². The first-order valence-electron chi connectivity index (χ1n) is 11.6. The molecule has 0 bridgehead atoms. The molecule has 1 unspecified atom stereocenters. The summed E-state index contributed by atoms with van der Waals surface area (Å²) in [5.74, 6) is 2.95. The van der Waals surface area contributed by atoms with Gasteiger partial charge in [0.1, 0.15) is 11.6 Å². The molecule has 1 aromatic carbocycles. The molecule has 3 heterocycles. The standard InChI is InChI=1S/C25H36N4O/c1-22-8-2-3-10-24(22)30-19-7-14-27-13-6-9-23(20-27)21-28-15-17-29(18-16-28)25-11-4-5-12-26-25/h2-5,8,10-12,23H,6-7,9,13-21H2,1H3. The second-order valence-corrected chi connectivity index (χ2v) is 8.75. The quantitative estimate of drug-likeness (QED) is 0.622. The summed E-state index contributed by atoms with van der Waals surface area (Å²) in [5.41, 5.74) is 1.22. The molecule has 1 aromatic heterocycles. The number of likely N-dealkylation sites (tertiary alicyclic amines) is 1. The normalized spacial score (nSPS) is 21.0. The molecule has 5 nitrogen and oxygen atoms in total. The van der Waals surface area contributed by atoms with Crippen LogP contribution in [0.5, 0.6) is 5.75 Å². The number of aromatic nitrogens is 1. The minimum Gasteiger partial charge on any atom is -0.493 e. The van der Waals surface area contributed by atoms with Crippen molar-refractivity contribution in [2.24, 2.45) is 5.92 Å². The van der Waals surface area contributed by atoms with Crippen LogP contribution in [-0.2, 0) is 0 Å². The van der Waals surface area contributed by atoms with Gasteiger partial charge in [-0.25, -0.2) is 4.98 Å². The number of hydrogen-bond acceptors (Lipinski definition) is 5. The zero-order valence-corrected chi connectivity index (χ0v) is 18.4. The van der Waals surface area contributed by atoms with Gasteiger partial charge in [-0.2, -0.15) is 0 Å². The van der Waals surface area contributed by atoms with Crippen molar-refractivity contribution in [2.75, 3.05) is 63.9 Å². The van der Waals surface area contributed by atoms with E-state index in [2.05, 4.69) is 56.9 Å². The van der Waals surface area contributed by atoms with E-state index < -0.39 is 0 Å². The Bertz CT molecular complexity index is 761. The van der Waals surface area contributed by atoms with Crippen LogP contribution in [0.2, 0.25) is 0 Å². The Kier molecular flexibility index (Phi) is 7.59. The van der Waals surface area contributed by atoms with Gasteiger partial charge in [-0.1, -0.05) is 24.3 Å². The minimum atomic E-state index is 0.803. The second kappa shape index (κ2) is 10.8. The van der Waals surface area contributed by atoms with Gasteiger partial charge in [0.2, 0.25) is 0 Å². The summed E-state index contributed by atoms with van der Waals surface area (Å²) in [5, 5.41) is 0. The van der Waals surface area contributed by atoms with E-state index in [1.54, 1.807) is 0 Å². The molecule has 30 heavy (non-hydrogen) atoms. The van der Waals surface area contributed by atoms with Crippen LogP contribution in [0.3, 0.4) is 0 Å². The average molecular weight is 409 g/mol. The molecule has 5 heteroatoms. The number of benzene rings is 1. The molecule has 0 N–H and O–H groups in total. The van der Waals surface area contributed by atoms with E-state index in [0.717, 1.165) is 63.2 Å². The summed E-state index contributed by atoms with van der Waals surface area (Å²) in [7, 11) is 0. The number of piperazine rings is 1. The number of anilines is 1. The van der Waals surface area contributed by atoms with Crippen LogP contribution in [0.25, 0.3) is 0 Å². The smallest absolute Gasteiger partial charge is 0.128 e. The lowest BCUT2D eigenvalue weighted by Crippen LogP contribution is -2.50. The van der Waals surface area contributed by atoms with Crippen molar-refractivity contribution in [3.8, 4) is 5.75 Å². The zero-order chi connectivity index (χ0) is 20.6. The van der Waals surface area contributed by atoms with Crippen molar-refractivity contribution >= 4 is 5.82 Å². The summed E-state index contributed by atoms with van der Waals surface area (Å²) >= 11 is 0. The monoisotopic (exact) mass is 408 g/mol. The number of para-hydroxylation sites is 1. The third-order valence-electron chi connectivity index (χ3n) is 6.43. The molecule has 0 spiro atoms. The van der Waals surface area contributed by atoms with Crippen molar-refractivity contribution in [1.29, 1.82) is 0 Å². The van der Waals surface area contributed by atoms with Gasteiger partial charge in [0.05, 0.1) is 6.61 Å². The summed E-state index contributed by atoms with van der Waals surface area (Å²) in [6, 6.07) is 14.5. The van der Waals surface area contributed by atoms with Gasteiger partial charge in [0, 0.05) is 52.0 Å². The molecule has 162 valence electrons. The lowest BCUT2D eigenvalue weighted by molar-refractivity contribution is 0.124. The van der Waals surface area contributed by atoms with E-state index in [1.165, 1.54) is 38.0 Å². The van der Waals surface area contributed by atoms with E-state index in [0.29, 0.717) is 0 Å². The number of nitrogens with zero attached hydrogens (tertiary/aromatic N) is 4. The van der Waals surface area contributed by atoms with Gasteiger partial charge in [-0.3, -0.25) is 4.90 Å². The topological polar surface area (TPSA) is 31.8 Å². The molecule has 0 aliphatic carbocycles. The Morgan fingerprint density at radius 2 is 1.80 bits per heavy atom. The van der Waals surface area contributed by atoms with Crippen LogP contribution in [0, 0.1) is 12.8 Å². The fraction of sp³-hybridized carbons (Fsp3) is 0.560. The number of hydrogen-bond donors (Lipinski definition) is 0. The predicted molar refractivity (Wildman–Crippen MR) is 123 cm³/mol. The highest BCUT2D eigenvalue weighted by Crippen LogP contribution is 2.20. The van der Waals surface area contributed by atoms with Gasteiger partial charge in [-0.05, 0) is 62.4 Å². The molecule has 2 saturated heterocycles. The van der Waals surface area contributed by atoms with Crippen LogP contribution in [-0.4, -0.2) is 73.7 Å². The minimum absolute atomic E-state index is 0.803. The molecular weight excluding hydrogens is 372 g/mol. The van der Waals surface area contributed by atoms with Crippen LogP contribution >= 0.6 is 0 Å². The van der Waals surface area contributed by atoms with Crippen LogP contribution in [0.1, 0.15) is 24.8 Å². The van der Waals surface area contributed by atoms with Crippen molar-refractivity contribution < 1.29 is 4.74 Å². The highest BCUT2D eigenvalue weighted by atomic mass is 16.5. The lowest BCUT2D eigenvalue weighted by Gasteiger charge is -2.39. The predicted octanol–water partition coefficient (Wildman–Crippen LogP) is 3.69. The summed E-state index contributed by atoms with van der Waals surface area (Å²) in [6.45, 7) is 12.3. The van der Waals surface area contributed by atoms with Crippen molar-refractivity contribution in [2.45, 2.75) is 26.2 Å². The van der Waals surface area contributed by atoms with E-state index >= 15 is 0 Å². The highest BCUT2D eigenvalue weighted by Gasteiger charge is 2.24. The Balaban J connectivity index is 1.14. The first-order chi connectivity index (χ1) is 14.8. The second-order valence-electron chi connectivity index (χ2n) is 8.75. The van der Waals surface area contributed by atoms with Gasteiger partial charge in [-0.15, -0.1) is 0 Å². The number of piperidine rings is 1. The molecule has 4 rings (SSSR count). The van der Waals surface area contributed by atoms with Crippen molar-refractivity contribution in [3.05, 3.63) is 54.2 Å². The first-order valence-corrected chi connectivity index (χ1v) is 11.6. The molecule has 0 radical (unpaired) electrons. The number of ether oxygens (including phenoxy) is 1. The molecular formula is C25H36N4O. The Labute approximate surface area is 181 Å². The summed E-state index contributed by atoms with van der Waals surface area (Å²) in [6.07, 6.45) is 5.70. The maximum absolute atomic E-state index is 5.98. The van der Waals surface area contributed by atoms with Gasteiger partial charge < -0.3 is 14.5 Å². The third-order valence-corrected chi connectivity index (χ3v) is 6.43. The SMILES string of the molecule is Cc1ccccc1OCCCN1CCCC(CN2CCN(c3ccccn3)CC2)C1. The Hall–Kier alpha value is -2.11. The van der Waals surface area contributed by atoms with E-state index in [9.17, 15) is 0 Å². The van der Waals surface area contributed by atoms with Crippen molar-refractivity contribution in [3.63, 3.8) is 0 Å². The number of aryl methyl sites for hydroxylation is 1. The molecule has 2 fully saturated rings. The average Bonchev–Trinajstić information content (AvgIpc) is 2.79. The fourth-order valence-corrected chi connectivity index (χ4v) is 4.76. The van der Waals surface area contributed by atoms with E-state index in [1.807, 2.05) is 18.3 Å². The Morgan fingerprint density at radius 3 is 2.60 bits per heavy atom. The maximum Gasteiger partial charge on any atom is 0.128 e. The van der Waals surface area contributed by atoms with E-state index in [4.69, 9.17) is 4.74 Å². The molecule has 0 amide bonds. The largest absolute Gasteiger partial charge is 0.493 e. The zero-order valence-electron chi connectivity index (χ0n) is 18.4. The molecule has 2 aromatic rings. The molecule has 2 aliphatic rings. The van der Waals surface area contributed by atoms with Crippen LogP contribution < -0.4 is 9.64 Å². The van der Waals surface area contributed by atoms with Gasteiger partial charge >= 0.3 is 0 Å². The number of rotatable bonds is 8. The lowest BCUT2D eigenvalue weighted by atomic mass is 9.97. The molecule has 1 atom stereocenters.